The molecule has 0 saturated heterocycles. The third-order valence-electron chi connectivity index (χ3n) is 4.59. The number of hydrogen-bond donors (Lipinski definition) is 2. The van der Waals surface area contributed by atoms with E-state index in [1.165, 1.54) is 0 Å². The van der Waals surface area contributed by atoms with Crippen LogP contribution in [0, 0.1) is 6.92 Å². The van der Waals surface area contributed by atoms with Crippen molar-refractivity contribution in [1.29, 1.82) is 0 Å². The summed E-state index contributed by atoms with van der Waals surface area (Å²) in [6, 6.07) is 24.5. The number of rotatable bonds is 6. The van der Waals surface area contributed by atoms with Crippen LogP contribution in [0.3, 0.4) is 0 Å². The van der Waals surface area contributed by atoms with Crippen molar-refractivity contribution in [2.24, 2.45) is 0 Å². The van der Waals surface area contributed by atoms with Gasteiger partial charge in [-0.3, -0.25) is 10.1 Å². The Balaban J connectivity index is 1.63. The Hall–Kier alpha value is -3.64. The third-order valence-corrected chi connectivity index (χ3v) is 4.84. The summed E-state index contributed by atoms with van der Waals surface area (Å²) in [7, 11) is 0. The molecule has 30 heavy (non-hydrogen) atoms. The van der Waals surface area contributed by atoms with E-state index in [1.54, 1.807) is 22.9 Å². The number of carbonyl (C=O) groups is 1. The molecule has 0 unspecified atom stereocenters. The van der Waals surface area contributed by atoms with Crippen LogP contribution in [0.15, 0.2) is 78.9 Å². The summed E-state index contributed by atoms with van der Waals surface area (Å²) in [4.78, 5) is 17.3. The van der Waals surface area contributed by atoms with Gasteiger partial charge in [0.1, 0.15) is 0 Å². The molecule has 0 aliphatic rings. The van der Waals surface area contributed by atoms with Crippen LogP contribution in [0.2, 0.25) is 5.02 Å². The predicted octanol–water partition coefficient (Wildman–Crippen LogP) is 5.09. The van der Waals surface area contributed by atoms with Gasteiger partial charge in [-0.05, 0) is 48.4 Å². The fourth-order valence-electron chi connectivity index (χ4n) is 3.00. The van der Waals surface area contributed by atoms with Gasteiger partial charge in [0, 0.05) is 17.1 Å². The van der Waals surface area contributed by atoms with E-state index in [1.807, 2.05) is 67.6 Å². The Bertz CT molecular complexity index is 1160. The average Bonchev–Trinajstić information content (AvgIpc) is 3.16. The first-order chi connectivity index (χ1) is 14.6. The van der Waals surface area contributed by atoms with Crippen molar-refractivity contribution in [2.45, 2.75) is 13.5 Å². The van der Waals surface area contributed by atoms with Gasteiger partial charge >= 0.3 is 0 Å². The quantitative estimate of drug-likeness (QED) is 0.458. The monoisotopic (exact) mass is 417 g/mol. The van der Waals surface area contributed by atoms with Crippen LogP contribution in [-0.2, 0) is 6.54 Å². The molecule has 0 bridgehead atoms. The summed E-state index contributed by atoms with van der Waals surface area (Å²) in [5.74, 6) is 0.486. The highest BCUT2D eigenvalue weighted by Gasteiger charge is 2.16. The number of aromatic nitrogens is 3. The molecule has 0 atom stereocenters. The minimum absolute atomic E-state index is 0.245. The van der Waals surface area contributed by atoms with Gasteiger partial charge < -0.3 is 5.32 Å². The Morgan fingerprint density at radius 2 is 1.67 bits per heavy atom. The van der Waals surface area contributed by atoms with Crippen molar-refractivity contribution >= 4 is 29.4 Å². The predicted molar refractivity (Wildman–Crippen MR) is 119 cm³/mol. The highest BCUT2D eigenvalue weighted by atomic mass is 35.5. The van der Waals surface area contributed by atoms with Gasteiger partial charge in [-0.2, -0.15) is 9.67 Å². The number of aryl methyl sites for hydroxylation is 1. The molecule has 0 fully saturated rings. The Morgan fingerprint density at radius 3 is 2.40 bits per heavy atom. The van der Waals surface area contributed by atoms with E-state index in [4.69, 9.17) is 11.6 Å². The standard InChI is InChI=1S/C23H20ClN5O/c1-16-7-5-6-10-20(16)21(30)26-23-27-22(25-15-17-8-3-2-4-9-17)28-29(23)19-13-11-18(24)12-14-19/h2-14H,15H2,1H3,(H2,25,26,27,28,30). The molecule has 1 amide bonds. The van der Waals surface area contributed by atoms with Crippen molar-refractivity contribution in [1.82, 2.24) is 14.8 Å². The van der Waals surface area contributed by atoms with E-state index in [-0.39, 0.29) is 5.91 Å². The molecule has 1 heterocycles. The van der Waals surface area contributed by atoms with Crippen molar-refractivity contribution in [2.75, 3.05) is 10.6 Å². The first-order valence-corrected chi connectivity index (χ1v) is 9.86. The Morgan fingerprint density at radius 1 is 0.967 bits per heavy atom. The summed E-state index contributed by atoms with van der Waals surface area (Å²) < 4.78 is 1.58. The Kier molecular flexibility index (Phi) is 5.77. The lowest BCUT2D eigenvalue weighted by atomic mass is 10.1. The zero-order chi connectivity index (χ0) is 20.9. The smallest absolute Gasteiger partial charge is 0.258 e. The van der Waals surface area contributed by atoms with Crippen LogP contribution >= 0.6 is 11.6 Å². The second kappa shape index (κ2) is 8.80. The van der Waals surface area contributed by atoms with Crippen LogP contribution in [0.4, 0.5) is 11.9 Å². The van der Waals surface area contributed by atoms with Crippen LogP contribution in [0.1, 0.15) is 21.5 Å². The number of halogens is 1. The van der Waals surface area contributed by atoms with Crippen molar-refractivity contribution in [3.63, 3.8) is 0 Å². The minimum Gasteiger partial charge on any atom is -0.349 e. The Labute approximate surface area is 179 Å². The zero-order valence-electron chi connectivity index (χ0n) is 16.3. The van der Waals surface area contributed by atoms with Gasteiger partial charge in [-0.1, -0.05) is 60.1 Å². The summed E-state index contributed by atoms with van der Waals surface area (Å²) >= 11 is 6.02. The van der Waals surface area contributed by atoms with Gasteiger partial charge in [0.15, 0.2) is 0 Å². The van der Waals surface area contributed by atoms with E-state index < -0.39 is 0 Å². The van der Waals surface area contributed by atoms with Crippen molar-refractivity contribution < 1.29 is 4.79 Å². The highest BCUT2D eigenvalue weighted by Crippen LogP contribution is 2.20. The van der Waals surface area contributed by atoms with Crippen LogP contribution < -0.4 is 10.6 Å². The molecule has 150 valence electrons. The molecule has 3 aromatic carbocycles. The second-order valence-corrected chi connectivity index (χ2v) is 7.19. The lowest BCUT2D eigenvalue weighted by Gasteiger charge is -2.08. The number of nitrogens with one attached hydrogen (secondary N) is 2. The lowest BCUT2D eigenvalue weighted by molar-refractivity contribution is 0.102. The lowest BCUT2D eigenvalue weighted by Crippen LogP contribution is -2.17. The molecule has 7 heteroatoms. The molecule has 4 aromatic rings. The fraction of sp³-hybridized carbons (Fsp3) is 0.0870. The summed E-state index contributed by atoms with van der Waals surface area (Å²) in [5, 5.41) is 11.2. The topological polar surface area (TPSA) is 71.8 Å². The molecule has 6 nitrogen and oxygen atoms in total. The van der Waals surface area contributed by atoms with Gasteiger partial charge in [-0.25, -0.2) is 0 Å². The molecule has 0 radical (unpaired) electrons. The molecule has 1 aromatic heterocycles. The van der Waals surface area contributed by atoms with Crippen molar-refractivity contribution in [3.8, 4) is 5.69 Å². The average molecular weight is 418 g/mol. The molecular weight excluding hydrogens is 398 g/mol. The number of amides is 1. The molecule has 0 saturated carbocycles. The zero-order valence-corrected chi connectivity index (χ0v) is 17.1. The summed E-state index contributed by atoms with van der Waals surface area (Å²) in [6.07, 6.45) is 0. The van der Waals surface area contributed by atoms with E-state index in [9.17, 15) is 4.79 Å². The number of carbonyl (C=O) groups excluding carboxylic acids is 1. The SMILES string of the molecule is Cc1ccccc1C(=O)Nc1nc(NCc2ccccc2)nn1-c1ccc(Cl)cc1. The summed E-state index contributed by atoms with van der Waals surface area (Å²) in [6.45, 7) is 2.46. The third kappa shape index (κ3) is 4.50. The number of anilines is 2. The van der Waals surface area contributed by atoms with E-state index in [0.29, 0.717) is 29.0 Å². The van der Waals surface area contributed by atoms with Crippen LogP contribution in [-0.4, -0.2) is 20.7 Å². The van der Waals surface area contributed by atoms with E-state index in [0.717, 1.165) is 16.8 Å². The van der Waals surface area contributed by atoms with E-state index in [2.05, 4.69) is 20.7 Å². The van der Waals surface area contributed by atoms with Crippen LogP contribution in [0.5, 0.6) is 0 Å². The largest absolute Gasteiger partial charge is 0.349 e. The molecule has 4 rings (SSSR count). The van der Waals surface area contributed by atoms with Crippen LogP contribution in [0.25, 0.3) is 5.69 Å². The maximum atomic E-state index is 12.8. The molecule has 0 spiro atoms. The molecule has 0 aliphatic heterocycles. The number of benzene rings is 3. The molecular formula is C23H20ClN5O. The normalized spacial score (nSPS) is 10.6. The molecule has 2 N–H and O–H groups in total. The highest BCUT2D eigenvalue weighted by molar-refractivity contribution is 6.30. The minimum atomic E-state index is -0.245. The maximum Gasteiger partial charge on any atom is 0.258 e. The first-order valence-electron chi connectivity index (χ1n) is 9.48. The summed E-state index contributed by atoms with van der Waals surface area (Å²) in [5.41, 5.74) is 3.31. The van der Waals surface area contributed by atoms with Gasteiger partial charge in [-0.15, -0.1) is 5.10 Å². The number of nitrogens with zero attached hydrogens (tertiary/aromatic N) is 3. The fourth-order valence-corrected chi connectivity index (χ4v) is 3.13. The van der Waals surface area contributed by atoms with Gasteiger partial charge in [0.2, 0.25) is 11.9 Å². The second-order valence-electron chi connectivity index (χ2n) is 6.76. The first kappa shape index (κ1) is 19.7. The maximum absolute atomic E-state index is 12.8. The van der Waals surface area contributed by atoms with Gasteiger partial charge in [0.05, 0.1) is 5.69 Å². The molecule has 0 aliphatic carbocycles. The van der Waals surface area contributed by atoms with Crippen molar-refractivity contribution in [3.05, 3.63) is 101 Å². The van der Waals surface area contributed by atoms with Gasteiger partial charge in [0.25, 0.3) is 5.91 Å². The van der Waals surface area contributed by atoms with E-state index >= 15 is 0 Å². The number of hydrogen-bond acceptors (Lipinski definition) is 4.